The first-order valence-electron chi connectivity index (χ1n) is 9.72. The second kappa shape index (κ2) is 10.3. The van der Waals surface area contributed by atoms with E-state index in [1.54, 1.807) is 6.08 Å². The molecule has 31 heavy (non-hydrogen) atoms. The fraction of sp³-hybridized carbons (Fsp3) is 0.261. The van der Waals surface area contributed by atoms with Crippen molar-refractivity contribution in [3.63, 3.8) is 0 Å². The number of carboxylic acid groups (broad SMARTS) is 1. The van der Waals surface area contributed by atoms with E-state index in [0.29, 0.717) is 28.7 Å². The lowest BCUT2D eigenvalue weighted by molar-refractivity contribution is -0.145. The molecule has 1 N–H and O–H groups in total. The van der Waals surface area contributed by atoms with E-state index in [0.717, 1.165) is 22.9 Å². The van der Waals surface area contributed by atoms with Gasteiger partial charge < -0.3 is 9.84 Å². The molecule has 2 aromatic rings. The van der Waals surface area contributed by atoms with Gasteiger partial charge in [0.1, 0.15) is 22.7 Å². The molecule has 5 nitrogen and oxygen atoms in total. The lowest BCUT2D eigenvalue weighted by Crippen LogP contribution is -2.44. The molecule has 0 unspecified atom stereocenters. The van der Waals surface area contributed by atoms with Crippen LogP contribution in [-0.2, 0) is 16.2 Å². The van der Waals surface area contributed by atoms with Crippen molar-refractivity contribution in [2.75, 3.05) is 0 Å². The third-order valence-electron chi connectivity index (χ3n) is 4.64. The highest BCUT2D eigenvalue weighted by Crippen LogP contribution is 2.35. The van der Waals surface area contributed by atoms with Gasteiger partial charge in [-0.1, -0.05) is 79.8 Å². The van der Waals surface area contributed by atoms with Gasteiger partial charge in [0.2, 0.25) is 0 Å². The maximum Gasteiger partial charge on any atom is 0.326 e. The number of carbonyl (C=O) groups excluding carboxylic acids is 1. The van der Waals surface area contributed by atoms with E-state index in [4.69, 9.17) is 28.6 Å². The van der Waals surface area contributed by atoms with Crippen LogP contribution < -0.4 is 4.74 Å². The van der Waals surface area contributed by atoms with Crippen molar-refractivity contribution in [2.45, 2.75) is 32.9 Å². The highest BCUT2D eigenvalue weighted by Gasteiger charge is 2.40. The topological polar surface area (TPSA) is 66.8 Å². The molecule has 1 aliphatic heterocycles. The zero-order chi connectivity index (χ0) is 22.5. The van der Waals surface area contributed by atoms with Crippen LogP contribution in [0.1, 0.15) is 31.4 Å². The van der Waals surface area contributed by atoms with Crippen molar-refractivity contribution in [1.82, 2.24) is 4.90 Å². The van der Waals surface area contributed by atoms with Crippen LogP contribution in [0.25, 0.3) is 6.08 Å². The molecule has 1 atom stereocenters. The standard InChI is InChI=1S/C23H22ClNO4S2/c1-14(2)11-19(22(27)28)25-21(26)20(31-23(25)30)12-15-7-9-17(10-8-15)29-13-16-5-3-4-6-18(16)24/h3-10,12,14,19H,11,13H2,1-2H3,(H,27,28)/b20-12-/t19-/m1/s1. The molecule has 162 valence electrons. The van der Waals surface area contributed by atoms with Crippen LogP contribution in [0, 0.1) is 5.92 Å². The van der Waals surface area contributed by atoms with Crippen LogP contribution in [0.2, 0.25) is 5.02 Å². The Kier molecular flexibility index (Phi) is 7.75. The van der Waals surface area contributed by atoms with E-state index < -0.39 is 12.0 Å². The van der Waals surface area contributed by atoms with Crippen LogP contribution in [0.3, 0.4) is 0 Å². The summed E-state index contributed by atoms with van der Waals surface area (Å²) in [6.45, 7) is 4.18. The van der Waals surface area contributed by atoms with Crippen molar-refractivity contribution in [2.24, 2.45) is 5.92 Å². The highest BCUT2D eigenvalue weighted by molar-refractivity contribution is 8.26. The molecule has 8 heteroatoms. The van der Waals surface area contributed by atoms with Gasteiger partial charge in [0, 0.05) is 10.6 Å². The maximum atomic E-state index is 12.9. The smallest absolute Gasteiger partial charge is 0.326 e. The number of thiocarbonyl (C=S) groups is 1. The first-order valence-corrected chi connectivity index (χ1v) is 11.3. The molecule has 0 spiro atoms. The second-order valence-electron chi connectivity index (χ2n) is 7.48. The number of halogens is 1. The summed E-state index contributed by atoms with van der Waals surface area (Å²) < 4.78 is 6.04. The third-order valence-corrected chi connectivity index (χ3v) is 6.34. The van der Waals surface area contributed by atoms with E-state index >= 15 is 0 Å². The van der Waals surface area contributed by atoms with Crippen molar-refractivity contribution < 1.29 is 19.4 Å². The average Bonchev–Trinajstić information content (AvgIpc) is 2.99. The minimum Gasteiger partial charge on any atom is -0.489 e. The largest absolute Gasteiger partial charge is 0.489 e. The SMILES string of the molecule is CC(C)C[C@H](C(=O)O)N1C(=O)/C(=C/c2ccc(OCc3ccccc3Cl)cc2)SC1=S. The Labute approximate surface area is 196 Å². The summed E-state index contributed by atoms with van der Waals surface area (Å²) in [7, 11) is 0. The van der Waals surface area contributed by atoms with E-state index in [1.807, 2.05) is 62.4 Å². The molecule has 0 aliphatic carbocycles. The van der Waals surface area contributed by atoms with Gasteiger partial charge in [-0.2, -0.15) is 0 Å². The van der Waals surface area contributed by atoms with Crippen LogP contribution in [-0.4, -0.2) is 32.2 Å². The van der Waals surface area contributed by atoms with Crippen LogP contribution in [0.5, 0.6) is 5.75 Å². The first-order chi connectivity index (χ1) is 14.8. The minimum absolute atomic E-state index is 0.119. The highest BCUT2D eigenvalue weighted by atomic mass is 35.5. The van der Waals surface area contributed by atoms with Crippen LogP contribution >= 0.6 is 35.6 Å². The number of hydrogen-bond donors (Lipinski definition) is 1. The number of amides is 1. The lowest BCUT2D eigenvalue weighted by Gasteiger charge is -2.24. The quantitative estimate of drug-likeness (QED) is 0.395. The van der Waals surface area contributed by atoms with Gasteiger partial charge in [-0.15, -0.1) is 0 Å². The number of rotatable bonds is 8. The number of carboxylic acids is 1. The van der Waals surface area contributed by atoms with E-state index in [2.05, 4.69) is 0 Å². The molecule has 0 saturated carbocycles. The number of carbonyl (C=O) groups is 2. The minimum atomic E-state index is -1.05. The summed E-state index contributed by atoms with van der Waals surface area (Å²) >= 11 is 12.6. The average molecular weight is 476 g/mol. The van der Waals surface area contributed by atoms with Gasteiger partial charge >= 0.3 is 5.97 Å². The fourth-order valence-electron chi connectivity index (χ4n) is 3.10. The van der Waals surface area contributed by atoms with E-state index in [9.17, 15) is 14.7 Å². The summed E-state index contributed by atoms with van der Waals surface area (Å²) in [5.74, 6) is -0.631. The maximum absolute atomic E-state index is 12.9. The molecule has 0 radical (unpaired) electrons. The van der Waals surface area contributed by atoms with Crippen LogP contribution in [0.4, 0.5) is 0 Å². The Balaban J connectivity index is 1.70. The van der Waals surface area contributed by atoms with Crippen molar-refractivity contribution in [3.8, 4) is 5.75 Å². The fourth-order valence-corrected chi connectivity index (χ4v) is 4.65. The molecule has 1 fully saturated rings. The van der Waals surface area contributed by atoms with E-state index in [1.165, 1.54) is 4.90 Å². The normalized spacial score (nSPS) is 16.3. The third kappa shape index (κ3) is 5.87. The van der Waals surface area contributed by atoms with Gasteiger partial charge in [0.25, 0.3) is 5.91 Å². The second-order valence-corrected chi connectivity index (χ2v) is 9.57. The Morgan fingerprint density at radius 2 is 1.90 bits per heavy atom. The molecule has 1 heterocycles. The molecule has 0 aromatic heterocycles. The summed E-state index contributed by atoms with van der Waals surface area (Å²) in [6, 6.07) is 13.8. The Morgan fingerprint density at radius 1 is 1.23 bits per heavy atom. The Morgan fingerprint density at radius 3 is 2.52 bits per heavy atom. The number of ether oxygens (including phenoxy) is 1. The van der Waals surface area contributed by atoms with Crippen LogP contribution in [0.15, 0.2) is 53.4 Å². The molecule has 1 amide bonds. The van der Waals surface area contributed by atoms with E-state index in [-0.39, 0.29) is 16.1 Å². The van der Waals surface area contributed by atoms with Gasteiger partial charge in [-0.3, -0.25) is 9.69 Å². The van der Waals surface area contributed by atoms with Gasteiger partial charge in [-0.05, 0) is 42.2 Å². The lowest BCUT2D eigenvalue weighted by atomic mass is 10.0. The predicted molar refractivity (Wildman–Crippen MR) is 128 cm³/mol. The molecule has 1 saturated heterocycles. The van der Waals surface area contributed by atoms with Gasteiger partial charge in [0.15, 0.2) is 0 Å². The molecule has 3 rings (SSSR count). The van der Waals surface area contributed by atoms with Crippen molar-refractivity contribution >= 4 is 57.9 Å². The number of hydrogen-bond acceptors (Lipinski definition) is 5. The molecule has 1 aliphatic rings. The summed E-state index contributed by atoms with van der Waals surface area (Å²) in [6.07, 6.45) is 2.05. The summed E-state index contributed by atoms with van der Waals surface area (Å²) in [5, 5.41) is 10.2. The Bertz CT molecular complexity index is 1020. The number of thioether (sulfide) groups is 1. The number of benzene rings is 2. The monoisotopic (exact) mass is 475 g/mol. The molecular formula is C23H22ClNO4S2. The molecule has 0 bridgehead atoms. The van der Waals surface area contributed by atoms with Crippen molar-refractivity contribution in [3.05, 3.63) is 69.6 Å². The molecular weight excluding hydrogens is 454 g/mol. The predicted octanol–water partition coefficient (Wildman–Crippen LogP) is 5.62. The number of nitrogens with zero attached hydrogens (tertiary/aromatic N) is 1. The molecule has 2 aromatic carbocycles. The number of aliphatic carboxylic acids is 1. The summed E-state index contributed by atoms with van der Waals surface area (Å²) in [4.78, 5) is 26.2. The van der Waals surface area contributed by atoms with Gasteiger partial charge in [0.05, 0.1) is 4.91 Å². The van der Waals surface area contributed by atoms with Gasteiger partial charge in [-0.25, -0.2) is 4.79 Å². The first kappa shape index (κ1) is 23.3. The summed E-state index contributed by atoms with van der Waals surface area (Å²) in [5.41, 5.74) is 1.69. The zero-order valence-corrected chi connectivity index (χ0v) is 19.5. The Hall–Kier alpha value is -2.35. The van der Waals surface area contributed by atoms with Crippen molar-refractivity contribution in [1.29, 1.82) is 0 Å². The zero-order valence-electron chi connectivity index (χ0n) is 17.1.